The summed E-state index contributed by atoms with van der Waals surface area (Å²) in [5.74, 6) is 0.727. The first-order valence-electron chi connectivity index (χ1n) is 9.19. The minimum Gasteiger partial charge on any atom is -0.352 e. The summed E-state index contributed by atoms with van der Waals surface area (Å²) in [6.45, 7) is 5.09. The van der Waals surface area contributed by atoms with Crippen LogP contribution in [-0.4, -0.2) is 21.5 Å². The van der Waals surface area contributed by atoms with E-state index in [0.717, 1.165) is 23.9 Å². The number of para-hydroxylation sites is 2. The molecular formula is C21H26N4O. The van der Waals surface area contributed by atoms with Gasteiger partial charge in [0.05, 0.1) is 11.0 Å². The lowest BCUT2D eigenvalue weighted by atomic mass is 10.2. The summed E-state index contributed by atoms with van der Waals surface area (Å²) in [6.07, 6.45) is 2.04. The van der Waals surface area contributed by atoms with Gasteiger partial charge in [-0.05, 0) is 31.0 Å². The van der Waals surface area contributed by atoms with E-state index in [9.17, 15) is 4.79 Å². The maximum atomic E-state index is 12.5. The Labute approximate surface area is 154 Å². The maximum Gasteiger partial charge on any atom is 0.240 e. The van der Waals surface area contributed by atoms with Gasteiger partial charge in [-0.15, -0.1) is 0 Å². The van der Waals surface area contributed by atoms with Crippen LogP contribution in [-0.2, 0) is 17.9 Å². The van der Waals surface area contributed by atoms with E-state index in [1.54, 1.807) is 0 Å². The zero-order valence-electron chi connectivity index (χ0n) is 15.4. The van der Waals surface area contributed by atoms with Gasteiger partial charge >= 0.3 is 0 Å². The van der Waals surface area contributed by atoms with Crippen molar-refractivity contribution >= 4 is 22.9 Å². The number of fused-ring (bicyclic) bond motifs is 1. The van der Waals surface area contributed by atoms with E-state index in [1.165, 1.54) is 5.56 Å². The first kappa shape index (κ1) is 18.0. The van der Waals surface area contributed by atoms with Crippen molar-refractivity contribution < 1.29 is 4.79 Å². The number of imidazole rings is 1. The minimum atomic E-state index is 0.0110. The molecule has 0 radical (unpaired) electrons. The molecule has 1 amide bonds. The smallest absolute Gasteiger partial charge is 0.240 e. The largest absolute Gasteiger partial charge is 0.352 e. The van der Waals surface area contributed by atoms with Crippen molar-refractivity contribution in [3.05, 3.63) is 60.2 Å². The molecule has 0 spiro atoms. The second kappa shape index (κ2) is 8.52. The molecule has 1 aromatic heterocycles. The molecule has 2 aromatic carbocycles. The molecule has 0 bridgehead atoms. The molecule has 3 rings (SSSR count). The van der Waals surface area contributed by atoms with E-state index >= 15 is 0 Å². The third-order valence-corrected chi connectivity index (χ3v) is 4.38. The fraction of sp³-hybridized carbons (Fsp3) is 0.333. The number of amides is 1. The zero-order chi connectivity index (χ0) is 18.4. The first-order chi connectivity index (χ1) is 12.7. The Morgan fingerprint density at radius 2 is 1.85 bits per heavy atom. The summed E-state index contributed by atoms with van der Waals surface area (Å²) in [5.41, 5.74) is 3.02. The molecule has 0 saturated heterocycles. The van der Waals surface area contributed by atoms with Gasteiger partial charge in [-0.1, -0.05) is 55.8 Å². The van der Waals surface area contributed by atoms with E-state index in [-0.39, 0.29) is 18.5 Å². The van der Waals surface area contributed by atoms with Gasteiger partial charge in [0.15, 0.2) is 0 Å². The number of hydrogen-bond acceptors (Lipinski definition) is 3. The maximum absolute atomic E-state index is 12.5. The average Bonchev–Trinajstić information content (AvgIpc) is 2.98. The fourth-order valence-corrected chi connectivity index (χ4v) is 3.12. The quantitative estimate of drug-likeness (QED) is 0.647. The third-order valence-electron chi connectivity index (χ3n) is 4.38. The van der Waals surface area contributed by atoms with Gasteiger partial charge in [0.2, 0.25) is 11.9 Å². The predicted molar refractivity (Wildman–Crippen MR) is 106 cm³/mol. The van der Waals surface area contributed by atoms with Crippen molar-refractivity contribution in [3.8, 4) is 0 Å². The molecule has 1 heterocycles. The summed E-state index contributed by atoms with van der Waals surface area (Å²) in [4.78, 5) is 17.1. The summed E-state index contributed by atoms with van der Waals surface area (Å²) in [7, 11) is 0. The van der Waals surface area contributed by atoms with Crippen LogP contribution in [0.1, 0.15) is 32.3 Å². The fourth-order valence-electron chi connectivity index (χ4n) is 3.12. The molecule has 0 fully saturated rings. The molecule has 0 aliphatic rings. The molecule has 1 atom stereocenters. The van der Waals surface area contributed by atoms with Crippen molar-refractivity contribution in [2.75, 3.05) is 5.32 Å². The number of rotatable bonds is 8. The highest BCUT2D eigenvalue weighted by Gasteiger charge is 2.14. The van der Waals surface area contributed by atoms with E-state index in [1.807, 2.05) is 54.0 Å². The van der Waals surface area contributed by atoms with Crippen molar-refractivity contribution in [2.45, 2.75) is 45.8 Å². The summed E-state index contributed by atoms with van der Waals surface area (Å²) >= 11 is 0. The number of nitrogens with one attached hydrogen (secondary N) is 2. The topological polar surface area (TPSA) is 59.0 Å². The molecular weight excluding hydrogens is 324 g/mol. The number of anilines is 1. The Balaban J connectivity index is 1.79. The molecule has 0 unspecified atom stereocenters. The Kier molecular flexibility index (Phi) is 5.89. The number of nitrogens with zero attached hydrogens (tertiary/aromatic N) is 2. The van der Waals surface area contributed by atoms with Crippen molar-refractivity contribution in [1.29, 1.82) is 0 Å². The second-order valence-corrected chi connectivity index (χ2v) is 6.61. The van der Waals surface area contributed by atoms with E-state index in [2.05, 4.69) is 34.7 Å². The van der Waals surface area contributed by atoms with Gasteiger partial charge in [-0.25, -0.2) is 4.98 Å². The van der Waals surface area contributed by atoms with E-state index in [4.69, 9.17) is 0 Å². The lowest BCUT2D eigenvalue weighted by Gasteiger charge is -2.15. The van der Waals surface area contributed by atoms with Crippen LogP contribution in [0.15, 0.2) is 54.6 Å². The number of hydrogen-bond donors (Lipinski definition) is 2. The van der Waals surface area contributed by atoms with Crippen molar-refractivity contribution in [2.24, 2.45) is 0 Å². The van der Waals surface area contributed by atoms with E-state index in [0.29, 0.717) is 12.5 Å². The van der Waals surface area contributed by atoms with Crippen LogP contribution in [0.4, 0.5) is 5.95 Å². The minimum absolute atomic E-state index is 0.0110. The molecule has 0 aliphatic carbocycles. The zero-order valence-corrected chi connectivity index (χ0v) is 15.4. The van der Waals surface area contributed by atoms with Crippen LogP contribution in [0, 0.1) is 0 Å². The highest BCUT2D eigenvalue weighted by Crippen LogP contribution is 2.20. The normalized spacial score (nSPS) is 12.1. The van der Waals surface area contributed by atoms with Gasteiger partial charge in [0.25, 0.3) is 0 Å². The van der Waals surface area contributed by atoms with Crippen LogP contribution in [0.3, 0.4) is 0 Å². The van der Waals surface area contributed by atoms with Crippen LogP contribution in [0.2, 0.25) is 0 Å². The van der Waals surface area contributed by atoms with E-state index < -0.39 is 0 Å². The second-order valence-electron chi connectivity index (χ2n) is 6.61. The number of carbonyl (C=O) groups excluding carboxylic acids is 1. The molecule has 3 aromatic rings. The predicted octanol–water partition coefficient (Wildman–Crippen LogP) is 3.95. The first-order valence-corrected chi connectivity index (χ1v) is 9.19. The monoisotopic (exact) mass is 350 g/mol. The molecule has 2 N–H and O–H groups in total. The summed E-state index contributed by atoms with van der Waals surface area (Å²) < 4.78 is 1.95. The van der Waals surface area contributed by atoms with Gasteiger partial charge in [-0.2, -0.15) is 0 Å². The Hall–Kier alpha value is -2.82. The number of aromatic nitrogens is 2. The number of carbonyl (C=O) groups is 1. The Bertz CT molecular complexity index is 857. The van der Waals surface area contributed by atoms with Crippen LogP contribution in [0.5, 0.6) is 0 Å². The molecule has 136 valence electrons. The lowest BCUT2D eigenvalue weighted by molar-refractivity contribution is -0.122. The SMILES string of the molecule is CCC[C@@H](C)NC(=O)Cn1c(NCc2ccccc2)nc2ccccc21. The van der Waals surface area contributed by atoms with Crippen molar-refractivity contribution in [3.63, 3.8) is 0 Å². The lowest BCUT2D eigenvalue weighted by Crippen LogP contribution is -2.35. The third kappa shape index (κ3) is 4.42. The molecule has 0 saturated carbocycles. The van der Waals surface area contributed by atoms with Crippen LogP contribution in [0.25, 0.3) is 11.0 Å². The van der Waals surface area contributed by atoms with Gasteiger partial charge < -0.3 is 15.2 Å². The molecule has 0 aliphatic heterocycles. The summed E-state index contributed by atoms with van der Waals surface area (Å²) in [5, 5.41) is 6.44. The Morgan fingerprint density at radius 1 is 1.12 bits per heavy atom. The summed E-state index contributed by atoms with van der Waals surface area (Å²) in [6, 6.07) is 18.3. The Morgan fingerprint density at radius 3 is 2.62 bits per heavy atom. The highest BCUT2D eigenvalue weighted by atomic mass is 16.2. The van der Waals surface area contributed by atoms with Gasteiger partial charge in [0.1, 0.15) is 6.54 Å². The highest BCUT2D eigenvalue weighted by molar-refractivity contribution is 5.83. The molecule has 26 heavy (non-hydrogen) atoms. The van der Waals surface area contributed by atoms with Gasteiger partial charge in [0, 0.05) is 12.6 Å². The molecule has 5 heteroatoms. The van der Waals surface area contributed by atoms with Crippen LogP contribution >= 0.6 is 0 Å². The van der Waals surface area contributed by atoms with Crippen molar-refractivity contribution in [1.82, 2.24) is 14.9 Å². The average molecular weight is 350 g/mol. The molecule has 5 nitrogen and oxygen atoms in total. The number of benzene rings is 2. The van der Waals surface area contributed by atoms with Crippen LogP contribution < -0.4 is 10.6 Å². The van der Waals surface area contributed by atoms with Gasteiger partial charge in [-0.3, -0.25) is 4.79 Å². The standard InChI is InChI=1S/C21H26N4O/c1-3-9-16(2)23-20(26)15-25-19-13-8-7-12-18(19)24-21(25)22-14-17-10-5-4-6-11-17/h4-8,10-13,16H,3,9,14-15H2,1-2H3,(H,22,24)(H,23,26)/t16-/m1/s1.